The highest BCUT2D eigenvalue weighted by atomic mass is 35.5. The Labute approximate surface area is 85.9 Å². The fraction of sp³-hybridized carbons (Fsp3) is 0.875. The second-order valence-corrected chi connectivity index (χ2v) is 3.43. The minimum Gasteiger partial charge on any atom is -0.481 e. The van der Waals surface area contributed by atoms with Gasteiger partial charge in [0.05, 0.1) is 11.8 Å². The lowest BCUT2D eigenvalue weighted by atomic mass is 9.82. The number of aliphatic carboxylic acids is 1. The molecule has 0 heterocycles. The van der Waals surface area contributed by atoms with Crippen LogP contribution < -0.4 is 0 Å². The maximum atomic E-state index is 12.1. The Bertz CT molecular complexity index is 197. The van der Waals surface area contributed by atoms with Crippen LogP contribution in [0.1, 0.15) is 25.7 Å². The molecule has 2 nitrogen and oxygen atoms in total. The quantitative estimate of drug-likeness (QED) is 0.755. The molecule has 0 amide bonds. The van der Waals surface area contributed by atoms with Crippen LogP contribution in [0.15, 0.2) is 0 Å². The molecule has 0 aliphatic heterocycles. The molecule has 0 atom stereocenters. The van der Waals surface area contributed by atoms with E-state index in [1.165, 1.54) is 0 Å². The first-order valence-corrected chi connectivity index (χ1v) is 4.21. The van der Waals surface area contributed by atoms with Crippen LogP contribution in [0, 0.1) is 11.8 Å². The number of carboxylic acids is 1. The first kappa shape index (κ1) is 13.5. The number of rotatable bonds is 1. The van der Waals surface area contributed by atoms with Crippen molar-refractivity contribution in [3.8, 4) is 0 Å². The molecule has 0 radical (unpaired) electrons. The van der Waals surface area contributed by atoms with Gasteiger partial charge < -0.3 is 5.11 Å². The summed E-state index contributed by atoms with van der Waals surface area (Å²) < 4.78 is 36.4. The van der Waals surface area contributed by atoms with Crippen molar-refractivity contribution in [3.05, 3.63) is 0 Å². The summed E-state index contributed by atoms with van der Waals surface area (Å²) in [4.78, 5) is 10.4. The Morgan fingerprint density at radius 2 is 1.57 bits per heavy atom. The highest BCUT2D eigenvalue weighted by Crippen LogP contribution is 2.39. The van der Waals surface area contributed by atoms with Gasteiger partial charge in [0.15, 0.2) is 0 Å². The van der Waals surface area contributed by atoms with Crippen molar-refractivity contribution in [1.29, 1.82) is 0 Å². The molecule has 1 aliphatic carbocycles. The van der Waals surface area contributed by atoms with Crippen LogP contribution >= 0.6 is 12.4 Å². The fourth-order valence-electron chi connectivity index (χ4n) is 1.67. The van der Waals surface area contributed by atoms with Gasteiger partial charge in [0, 0.05) is 0 Å². The van der Waals surface area contributed by atoms with Crippen molar-refractivity contribution >= 4 is 18.4 Å². The minimum absolute atomic E-state index is 0. The summed E-state index contributed by atoms with van der Waals surface area (Å²) in [6.45, 7) is 0. The lowest BCUT2D eigenvalue weighted by Gasteiger charge is -2.27. The molecule has 0 aromatic heterocycles. The molecule has 6 heteroatoms. The molecule has 1 rings (SSSR count). The summed E-state index contributed by atoms with van der Waals surface area (Å²) in [5.74, 6) is -2.83. The first-order chi connectivity index (χ1) is 5.91. The summed E-state index contributed by atoms with van der Waals surface area (Å²) in [7, 11) is 0. The number of carboxylic acid groups (broad SMARTS) is 1. The van der Waals surface area contributed by atoms with Gasteiger partial charge in [-0.05, 0) is 25.7 Å². The molecule has 0 saturated heterocycles. The van der Waals surface area contributed by atoms with Crippen LogP contribution in [0.5, 0.6) is 0 Å². The maximum absolute atomic E-state index is 12.1. The van der Waals surface area contributed by atoms with E-state index in [4.69, 9.17) is 5.11 Å². The SMILES string of the molecule is Cl.O=C(O)[C@H]1CC[C@H](C(F)(F)F)CC1. The van der Waals surface area contributed by atoms with E-state index in [9.17, 15) is 18.0 Å². The van der Waals surface area contributed by atoms with E-state index in [0.29, 0.717) is 0 Å². The number of carbonyl (C=O) groups is 1. The van der Waals surface area contributed by atoms with Crippen molar-refractivity contribution in [2.45, 2.75) is 31.9 Å². The number of hydrogen-bond donors (Lipinski definition) is 1. The third-order valence-electron chi connectivity index (χ3n) is 2.54. The molecule has 0 aromatic rings. The second kappa shape index (κ2) is 4.87. The largest absolute Gasteiger partial charge is 0.481 e. The lowest BCUT2D eigenvalue weighted by molar-refractivity contribution is -0.186. The van der Waals surface area contributed by atoms with Crippen LogP contribution in [-0.2, 0) is 4.79 Å². The van der Waals surface area contributed by atoms with E-state index in [0.717, 1.165) is 0 Å². The Morgan fingerprint density at radius 3 is 1.86 bits per heavy atom. The van der Waals surface area contributed by atoms with Crippen molar-refractivity contribution in [3.63, 3.8) is 0 Å². The van der Waals surface area contributed by atoms with Gasteiger partial charge in [-0.15, -0.1) is 12.4 Å². The topological polar surface area (TPSA) is 37.3 Å². The average molecular weight is 233 g/mol. The van der Waals surface area contributed by atoms with Gasteiger partial charge in [0.25, 0.3) is 0 Å². The second-order valence-electron chi connectivity index (χ2n) is 3.43. The van der Waals surface area contributed by atoms with E-state index >= 15 is 0 Å². The normalized spacial score (nSPS) is 27.9. The zero-order valence-electron chi connectivity index (χ0n) is 7.38. The summed E-state index contributed by atoms with van der Waals surface area (Å²) in [5.41, 5.74) is 0. The van der Waals surface area contributed by atoms with Crippen molar-refractivity contribution in [2.24, 2.45) is 11.8 Å². The van der Waals surface area contributed by atoms with Crippen molar-refractivity contribution in [2.75, 3.05) is 0 Å². The Balaban J connectivity index is 0.00000169. The van der Waals surface area contributed by atoms with Gasteiger partial charge in [0.1, 0.15) is 0 Å². The van der Waals surface area contributed by atoms with E-state index < -0.39 is 24.0 Å². The molecule has 1 aliphatic rings. The van der Waals surface area contributed by atoms with Crippen LogP contribution in [0.3, 0.4) is 0 Å². The van der Waals surface area contributed by atoms with Gasteiger partial charge >= 0.3 is 12.1 Å². The van der Waals surface area contributed by atoms with E-state index in [2.05, 4.69) is 0 Å². The zero-order valence-corrected chi connectivity index (χ0v) is 8.20. The number of halogens is 4. The summed E-state index contributed by atoms with van der Waals surface area (Å²) in [6, 6.07) is 0. The zero-order chi connectivity index (χ0) is 10.1. The molecular formula is C8H12ClF3O2. The molecule has 84 valence electrons. The number of hydrogen-bond acceptors (Lipinski definition) is 1. The van der Waals surface area contributed by atoms with Crippen LogP contribution in [0.25, 0.3) is 0 Å². The van der Waals surface area contributed by atoms with E-state index in [1.807, 2.05) is 0 Å². The molecule has 0 bridgehead atoms. The Morgan fingerprint density at radius 1 is 1.14 bits per heavy atom. The smallest absolute Gasteiger partial charge is 0.391 e. The fourth-order valence-corrected chi connectivity index (χ4v) is 1.67. The van der Waals surface area contributed by atoms with Gasteiger partial charge in [-0.2, -0.15) is 13.2 Å². The van der Waals surface area contributed by atoms with Crippen LogP contribution in [0.2, 0.25) is 0 Å². The van der Waals surface area contributed by atoms with E-state index in [1.54, 1.807) is 0 Å². The monoisotopic (exact) mass is 232 g/mol. The third-order valence-corrected chi connectivity index (χ3v) is 2.54. The minimum atomic E-state index is -4.15. The molecule has 1 N–H and O–H groups in total. The van der Waals surface area contributed by atoms with Gasteiger partial charge in [-0.1, -0.05) is 0 Å². The van der Waals surface area contributed by atoms with Crippen molar-refractivity contribution < 1.29 is 23.1 Å². The molecule has 14 heavy (non-hydrogen) atoms. The molecule has 0 spiro atoms. The highest BCUT2D eigenvalue weighted by Gasteiger charge is 2.42. The standard InChI is InChI=1S/C8H11F3O2.ClH/c9-8(10,11)6-3-1-5(2-4-6)7(12)13;/h5-6H,1-4H2,(H,12,13);1H/t5-,6-;. The Hall–Kier alpha value is -0.450. The first-order valence-electron chi connectivity index (χ1n) is 4.21. The van der Waals surface area contributed by atoms with Crippen LogP contribution in [0.4, 0.5) is 13.2 Å². The van der Waals surface area contributed by atoms with Gasteiger partial charge in [-0.3, -0.25) is 4.79 Å². The summed E-state index contributed by atoms with van der Waals surface area (Å²) in [5, 5.41) is 8.55. The third kappa shape index (κ3) is 3.36. The molecule has 1 fully saturated rings. The lowest BCUT2D eigenvalue weighted by Crippen LogP contribution is -2.30. The molecule has 0 unspecified atom stereocenters. The van der Waals surface area contributed by atoms with Gasteiger partial charge in [0.2, 0.25) is 0 Å². The van der Waals surface area contributed by atoms with E-state index in [-0.39, 0.29) is 38.1 Å². The average Bonchev–Trinajstić information content (AvgIpc) is 2.03. The maximum Gasteiger partial charge on any atom is 0.391 e. The summed E-state index contributed by atoms with van der Waals surface area (Å²) >= 11 is 0. The summed E-state index contributed by atoms with van der Waals surface area (Å²) in [6.07, 6.45) is -3.93. The van der Waals surface area contributed by atoms with Crippen molar-refractivity contribution in [1.82, 2.24) is 0 Å². The predicted octanol–water partition coefficient (Wildman–Crippen LogP) is 2.86. The number of alkyl halides is 3. The van der Waals surface area contributed by atoms with Gasteiger partial charge in [-0.25, -0.2) is 0 Å². The Kier molecular flexibility index (Phi) is 4.71. The molecule has 0 aromatic carbocycles. The molecular weight excluding hydrogens is 221 g/mol. The molecule has 1 saturated carbocycles. The predicted molar refractivity (Wildman–Crippen MR) is 46.4 cm³/mol. The van der Waals surface area contributed by atoms with Crippen LogP contribution in [-0.4, -0.2) is 17.3 Å². The highest BCUT2D eigenvalue weighted by molar-refractivity contribution is 5.85.